The van der Waals surface area contributed by atoms with Crippen molar-refractivity contribution < 1.29 is 9.59 Å². The Labute approximate surface area is 113 Å². The molecule has 6 nitrogen and oxygen atoms in total. The molecule has 1 rings (SSSR count). The molecule has 4 N–H and O–H groups in total. The van der Waals surface area contributed by atoms with Gasteiger partial charge in [0.1, 0.15) is 5.69 Å². The van der Waals surface area contributed by atoms with Crippen LogP contribution < -0.4 is 16.4 Å². The SMILES string of the molecule is CCCNC(=O)CCNC(=O)c1cc(N)cn1CC. The molecular weight excluding hydrogens is 244 g/mol. The zero-order valence-electron chi connectivity index (χ0n) is 11.5. The van der Waals surface area contributed by atoms with Crippen LogP contribution in [0.2, 0.25) is 0 Å². The average molecular weight is 266 g/mol. The number of anilines is 1. The molecule has 0 spiro atoms. The molecule has 0 aromatic carbocycles. The highest BCUT2D eigenvalue weighted by Crippen LogP contribution is 2.10. The number of carbonyl (C=O) groups is 2. The normalized spacial score (nSPS) is 10.2. The molecule has 1 aromatic heterocycles. The van der Waals surface area contributed by atoms with E-state index in [2.05, 4.69) is 10.6 Å². The Balaban J connectivity index is 2.41. The minimum absolute atomic E-state index is 0.0486. The molecule has 0 aliphatic carbocycles. The standard InChI is InChI=1S/C13H22N4O2/c1-3-6-15-12(18)5-7-16-13(19)11-8-10(14)9-17(11)4-2/h8-9H,3-7,14H2,1-2H3,(H,15,18)(H,16,19). The Morgan fingerprint density at radius 1 is 1.26 bits per heavy atom. The highest BCUT2D eigenvalue weighted by Gasteiger charge is 2.11. The number of aryl methyl sites for hydroxylation is 1. The topological polar surface area (TPSA) is 89.2 Å². The number of carbonyl (C=O) groups excluding carboxylic acids is 2. The molecule has 0 bridgehead atoms. The summed E-state index contributed by atoms with van der Waals surface area (Å²) in [4.78, 5) is 23.3. The van der Waals surface area contributed by atoms with Gasteiger partial charge in [0.05, 0.1) is 5.69 Å². The number of hydrogen-bond acceptors (Lipinski definition) is 3. The van der Waals surface area contributed by atoms with E-state index in [1.54, 1.807) is 16.8 Å². The van der Waals surface area contributed by atoms with Gasteiger partial charge in [-0.05, 0) is 19.4 Å². The van der Waals surface area contributed by atoms with Crippen molar-refractivity contribution in [2.45, 2.75) is 33.2 Å². The van der Waals surface area contributed by atoms with Gasteiger partial charge in [0, 0.05) is 32.3 Å². The van der Waals surface area contributed by atoms with E-state index in [1.807, 2.05) is 13.8 Å². The summed E-state index contributed by atoms with van der Waals surface area (Å²) in [5, 5.41) is 5.48. The predicted molar refractivity (Wildman–Crippen MR) is 74.8 cm³/mol. The molecule has 6 heteroatoms. The third-order valence-corrected chi connectivity index (χ3v) is 2.70. The van der Waals surface area contributed by atoms with Gasteiger partial charge >= 0.3 is 0 Å². The summed E-state index contributed by atoms with van der Waals surface area (Å²) < 4.78 is 1.78. The number of rotatable bonds is 7. The fourth-order valence-electron chi connectivity index (χ4n) is 1.72. The van der Waals surface area contributed by atoms with Crippen LogP contribution in [0.1, 0.15) is 37.2 Å². The lowest BCUT2D eigenvalue weighted by atomic mass is 10.3. The second-order valence-corrected chi connectivity index (χ2v) is 4.30. The Kier molecular flexibility index (Phi) is 5.92. The number of nitrogen functional groups attached to an aromatic ring is 1. The van der Waals surface area contributed by atoms with E-state index in [1.165, 1.54) is 0 Å². The van der Waals surface area contributed by atoms with Crippen molar-refractivity contribution in [1.82, 2.24) is 15.2 Å². The molecule has 0 atom stereocenters. The van der Waals surface area contributed by atoms with Crippen LogP contribution in [0, 0.1) is 0 Å². The number of hydrogen-bond donors (Lipinski definition) is 3. The third-order valence-electron chi connectivity index (χ3n) is 2.70. The first-order chi connectivity index (χ1) is 9.08. The van der Waals surface area contributed by atoms with E-state index in [4.69, 9.17) is 5.73 Å². The van der Waals surface area contributed by atoms with Gasteiger partial charge < -0.3 is 20.9 Å². The molecule has 0 unspecified atom stereocenters. The van der Waals surface area contributed by atoms with Crippen molar-refractivity contribution in [3.63, 3.8) is 0 Å². The molecule has 2 amide bonds. The van der Waals surface area contributed by atoms with Gasteiger partial charge in [0.15, 0.2) is 0 Å². The fourth-order valence-corrected chi connectivity index (χ4v) is 1.72. The molecule has 1 heterocycles. The van der Waals surface area contributed by atoms with Gasteiger partial charge in [-0.15, -0.1) is 0 Å². The number of amides is 2. The van der Waals surface area contributed by atoms with Crippen LogP contribution in [0.4, 0.5) is 5.69 Å². The maximum atomic E-state index is 11.9. The summed E-state index contributed by atoms with van der Waals surface area (Å²) in [5.41, 5.74) is 6.74. The zero-order valence-corrected chi connectivity index (χ0v) is 11.5. The maximum Gasteiger partial charge on any atom is 0.267 e. The maximum absolute atomic E-state index is 11.9. The summed E-state index contributed by atoms with van der Waals surface area (Å²) in [6.07, 6.45) is 2.91. The average Bonchev–Trinajstić information content (AvgIpc) is 2.77. The van der Waals surface area contributed by atoms with Crippen molar-refractivity contribution >= 4 is 17.5 Å². The van der Waals surface area contributed by atoms with Crippen LogP contribution in [0.3, 0.4) is 0 Å². The van der Waals surface area contributed by atoms with E-state index in [9.17, 15) is 9.59 Å². The van der Waals surface area contributed by atoms with E-state index in [-0.39, 0.29) is 18.2 Å². The van der Waals surface area contributed by atoms with Gasteiger partial charge in [-0.2, -0.15) is 0 Å². The summed E-state index contributed by atoms with van der Waals surface area (Å²) in [5.74, 6) is -0.255. The molecule has 19 heavy (non-hydrogen) atoms. The largest absolute Gasteiger partial charge is 0.397 e. The summed E-state index contributed by atoms with van der Waals surface area (Å²) in [6.45, 7) is 5.60. The van der Waals surface area contributed by atoms with Crippen LogP contribution in [-0.4, -0.2) is 29.5 Å². The molecule has 0 aliphatic rings. The molecule has 1 aromatic rings. The predicted octanol–water partition coefficient (Wildman–Crippen LogP) is 0.736. The van der Waals surface area contributed by atoms with Gasteiger partial charge in [-0.1, -0.05) is 6.92 Å². The molecule has 0 radical (unpaired) electrons. The number of nitrogens with zero attached hydrogens (tertiary/aromatic N) is 1. The zero-order chi connectivity index (χ0) is 14.3. The minimum atomic E-state index is -0.207. The van der Waals surface area contributed by atoms with Gasteiger partial charge in [-0.3, -0.25) is 9.59 Å². The van der Waals surface area contributed by atoms with Gasteiger partial charge in [0.2, 0.25) is 5.91 Å². The minimum Gasteiger partial charge on any atom is -0.397 e. The second-order valence-electron chi connectivity index (χ2n) is 4.30. The lowest BCUT2D eigenvalue weighted by molar-refractivity contribution is -0.120. The highest BCUT2D eigenvalue weighted by atomic mass is 16.2. The van der Waals surface area contributed by atoms with Crippen LogP contribution in [0.5, 0.6) is 0 Å². The first kappa shape index (κ1) is 15.1. The Morgan fingerprint density at radius 2 is 2.00 bits per heavy atom. The van der Waals surface area contributed by atoms with Crippen molar-refractivity contribution in [2.75, 3.05) is 18.8 Å². The molecule has 106 valence electrons. The summed E-state index contributed by atoms with van der Waals surface area (Å²) in [6, 6.07) is 1.63. The lowest BCUT2D eigenvalue weighted by Gasteiger charge is -2.07. The summed E-state index contributed by atoms with van der Waals surface area (Å²) in [7, 11) is 0. The molecule has 0 saturated heterocycles. The lowest BCUT2D eigenvalue weighted by Crippen LogP contribution is -2.31. The van der Waals surface area contributed by atoms with Crippen LogP contribution in [0.15, 0.2) is 12.3 Å². The van der Waals surface area contributed by atoms with Crippen LogP contribution in [0.25, 0.3) is 0 Å². The number of nitrogens with two attached hydrogens (primary N) is 1. The van der Waals surface area contributed by atoms with E-state index >= 15 is 0 Å². The van der Waals surface area contributed by atoms with Crippen molar-refractivity contribution in [3.8, 4) is 0 Å². The van der Waals surface area contributed by atoms with Crippen molar-refractivity contribution in [3.05, 3.63) is 18.0 Å². The number of nitrogens with one attached hydrogen (secondary N) is 2. The Bertz CT molecular complexity index is 440. The molecular formula is C13H22N4O2. The van der Waals surface area contributed by atoms with Crippen molar-refractivity contribution in [1.29, 1.82) is 0 Å². The van der Waals surface area contributed by atoms with E-state index < -0.39 is 0 Å². The smallest absolute Gasteiger partial charge is 0.267 e. The Morgan fingerprint density at radius 3 is 2.63 bits per heavy atom. The quantitative estimate of drug-likeness (QED) is 0.680. The number of aromatic nitrogens is 1. The Hall–Kier alpha value is -1.98. The first-order valence-corrected chi connectivity index (χ1v) is 6.59. The second kappa shape index (κ2) is 7.45. The highest BCUT2D eigenvalue weighted by molar-refractivity contribution is 5.94. The molecule has 0 fully saturated rings. The molecule has 0 saturated carbocycles. The van der Waals surface area contributed by atoms with Crippen LogP contribution in [-0.2, 0) is 11.3 Å². The van der Waals surface area contributed by atoms with Crippen LogP contribution >= 0.6 is 0 Å². The van der Waals surface area contributed by atoms with E-state index in [0.717, 1.165) is 6.42 Å². The summed E-state index contributed by atoms with van der Waals surface area (Å²) >= 11 is 0. The van der Waals surface area contributed by atoms with Gasteiger partial charge in [-0.25, -0.2) is 0 Å². The third kappa shape index (κ3) is 4.65. The first-order valence-electron chi connectivity index (χ1n) is 6.59. The van der Waals surface area contributed by atoms with E-state index in [0.29, 0.717) is 31.0 Å². The van der Waals surface area contributed by atoms with Crippen molar-refractivity contribution in [2.24, 2.45) is 0 Å². The molecule has 0 aliphatic heterocycles. The van der Waals surface area contributed by atoms with Gasteiger partial charge in [0.25, 0.3) is 5.91 Å². The fraction of sp³-hybridized carbons (Fsp3) is 0.538. The monoisotopic (exact) mass is 266 g/mol.